The summed E-state index contributed by atoms with van der Waals surface area (Å²) in [6.07, 6.45) is 2.15. The van der Waals surface area contributed by atoms with Gasteiger partial charge in [0.05, 0.1) is 6.42 Å². The van der Waals surface area contributed by atoms with E-state index in [1.54, 1.807) is 30.5 Å². The number of aromatic nitrogens is 2. The SMILES string of the molecule is O=C(O)CCc1cnc(COc2ccc(Cl)cc2)[nH]1. The minimum absolute atomic E-state index is 0.0830. The van der Waals surface area contributed by atoms with Crippen LogP contribution in [0, 0.1) is 0 Å². The van der Waals surface area contributed by atoms with Crippen LogP contribution in [0.25, 0.3) is 0 Å². The maximum atomic E-state index is 10.4. The van der Waals surface area contributed by atoms with E-state index in [0.717, 1.165) is 5.69 Å². The Labute approximate surface area is 115 Å². The summed E-state index contributed by atoms with van der Waals surface area (Å²) in [5.74, 6) is 0.539. The number of imidazole rings is 1. The molecule has 1 heterocycles. The van der Waals surface area contributed by atoms with Gasteiger partial charge in [0.15, 0.2) is 0 Å². The Bertz CT molecular complexity index is 551. The number of halogens is 1. The highest BCUT2D eigenvalue weighted by Crippen LogP contribution is 2.16. The van der Waals surface area contributed by atoms with Crippen LogP contribution in [0.5, 0.6) is 5.75 Å². The molecule has 1 aromatic carbocycles. The number of aliphatic carboxylic acids is 1. The largest absolute Gasteiger partial charge is 0.486 e. The average Bonchev–Trinajstić information content (AvgIpc) is 2.84. The molecule has 0 spiro atoms. The topological polar surface area (TPSA) is 75.2 Å². The molecule has 0 aliphatic carbocycles. The standard InChI is InChI=1S/C13H13ClN2O3/c14-9-1-4-11(5-2-9)19-8-12-15-7-10(16-12)3-6-13(17)18/h1-2,4-5,7H,3,6,8H2,(H,15,16)(H,17,18). The zero-order valence-electron chi connectivity index (χ0n) is 10.1. The van der Waals surface area contributed by atoms with Crippen LogP contribution >= 0.6 is 11.6 Å². The van der Waals surface area contributed by atoms with E-state index in [2.05, 4.69) is 9.97 Å². The maximum absolute atomic E-state index is 10.4. The fraction of sp³-hybridized carbons (Fsp3) is 0.231. The second-order valence-electron chi connectivity index (χ2n) is 3.99. The quantitative estimate of drug-likeness (QED) is 0.853. The van der Waals surface area contributed by atoms with E-state index in [1.165, 1.54) is 0 Å². The van der Waals surface area contributed by atoms with Crippen LogP contribution in [0.4, 0.5) is 0 Å². The number of aryl methyl sites for hydroxylation is 1. The van der Waals surface area contributed by atoms with E-state index in [4.69, 9.17) is 21.4 Å². The number of aromatic amines is 1. The van der Waals surface area contributed by atoms with E-state index in [9.17, 15) is 4.79 Å². The first-order chi connectivity index (χ1) is 9.13. The normalized spacial score (nSPS) is 10.4. The molecule has 0 aliphatic heterocycles. The summed E-state index contributed by atoms with van der Waals surface area (Å²) >= 11 is 5.77. The number of H-pyrrole nitrogens is 1. The van der Waals surface area contributed by atoms with Crippen LogP contribution in [0.1, 0.15) is 17.9 Å². The van der Waals surface area contributed by atoms with Crippen LogP contribution in [0.3, 0.4) is 0 Å². The lowest BCUT2D eigenvalue weighted by atomic mass is 10.2. The van der Waals surface area contributed by atoms with Gasteiger partial charge >= 0.3 is 5.97 Å². The minimum atomic E-state index is -0.825. The highest BCUT2D eigenvalue weighted by molar-refractivity contribution is 6.30. The molecule has 0 amide bonds. The molecule has 2 rings (SSSR count). The lowest BCUT2D eigenvalue weighted by Gasteiger charge is -2.03. The number of ether oxygens (including phenoxy) is 1. The number of nitrogens with zero attached hydrogens (tertiary/aromatic N) is 1. The molecule has 0 radical (unpaired) electrons. The molecule has 1 aromatic heterocycles. The first kappa shape index (κ1) is 13.4. The van der Waals surface area contributed by atoms with Crippen LogP contribution in [0.15, 0.2) is 30.5 Å². The molecule has 0 atom stereocenters. The molecular weight excluding hydrogens is 268 g/mol. The highest BCUT2D eigenvalue weighted by Gasteiger charge is 2.04. The third kappa shape index (κ3) is 4.30. The molecule has 2 aromatic rings. The van der Waals surface area contributed by atoms with Gasteiger partial charge in [0, 0.05) is 16.9 Å². The van der Waals surface area contributed by atoms with Crippen molar-refractivity contribution in [3.05, 3.63) is 47.0 Å². The van der Waals surface area contributed by atoms with Crippen molar-refractivity contribution in [2.24, 2.45) is 0 Å². The van der Waals surface area contributed by atoms with Crippen LogP contribution in [-0.2, 0) is 17.8 Å². The van der Waals surface area contributed by atoms with Crippen LogP contribution < -0.4 is 4.74 Å². The monoisotopic (exact) mass is 280 g/mol. The lowest BCUT2D eigenvalue weighted by Crippen LogP contribution is -1.99. The van der Waals surface area contributed by atoms with Gasteiger partial charge in [0.1, 0.15) is 18.2 Å². The predicted octanol–water partition coefficient (Wildman–Crippen LogP) is 2.66. The zero-order chi connectivity index (χ0) is 13.7. The molecule has 0 saturated heterocycles. The Balaban J connectivity index is 1.86. The van der Waals surface area contributed by atoms with Crippen molar-refractivity contribution in [1.82, 2.24) is 9.97 Å². The average molecular weight is 281 g/mol. The van der Waals surface area contributed by atoms with Gasteiger partial charge in [0.25, 0.3) is 0 Å². The summed E-state index contributed by atoms with van der Waals surface area (Å²) in [6, 6.07) is 7.04. The molecule has 100 valence electrons. The smallest absolute Gasteiger partial charge is 0.303 e. The van der Waals surface area contributed by atoms with E-state index < -0.39 is 5.97 Å². The van der Waals surface area contributed by atoms with Gasteiger partial charge in [-0.2, -0.15) is 0 Å². The number of carbonyl (C=O) groups is 1. The number of carboxylic acid groups (broad SMARTS) is 1. The van der Waals surface area contributed by atoms with Crippen molar-refractivity contribution in [2.75, 3.05) is 0 Å². The second-order valence-corrected chi connectivity index (χ2v) is 4.43. The summed E-state index contributed by atoms with van der Waals surface area (Å²) in [5, 5.41) is 9.24. The fourth-order valence-corrected chi connectivity index (χ4v) is 1.66. The van der Waals surface area contributed by atoms with Crippen molar-refractivity contribution in [1.29, 1.82) is 0 Å². The Morgan fingerprint density at radius 2 is 2.11 bits per heavy atom. The van der Waals surface area contributed by atoms with Gasteiger partial charge in [0.2, 0.25) is 0 Å². The molecular formula is C13H13ClN2O3. The highest BCUT2D eigenvalue weighted by atomic mass is 35.5. The van der Waals surface area contributed by atoms with Crippen molar-refractivity contribution in [2.45, 2.75) is 19.4 Å². The summed E-state index contributed by atoms with van der Waals surface area (Å²) in [4.78, 5) is 17.6. The van der Waals surface area contributed by atoms with E-state index in [1.807, 2.05) is 0 Å². The number of nitrogens with one attached hydrogen (secondary N) is 1. The Morgan fingerprint density at radius 1 is 1.37 bits per heavy atom. The first-order valence-electron chi connectivity index (χ1n) is 5.76. The fourth-order valence-electron chi connectivity index (χ4n) is 1.53. The molecule has 0 bridgehead atoms. The molecule has 2 N–H and O–H groups in total. The van der Waals surface area contributed by atoms with Gasteiger partial charge < -0.3 is 14.8 Å². The summed E-state index contributed by atoms with van der Waals surface area (Å²) in [7, 11) is 0. The first-order valence-corrected chi connectivity index (χ1v) is 6.14. The number of hydrogen-bond acceptors (Lipinski definition) is 3. The van der Waals surface area contributed by atoms with Gasteiger partial charge in [-0.05, 0) is 30.7 Å². The molecule has 0 unspecified atom stereocenters. The predicted molar refractivity (Wildman–Crippen MR) is 70.3 cm³/mol. The molecule has 5 nitrogen and oxygen atoms in total. The zero-order valence-corrected chi connectivity index (χ0v) is 10.9. The molecule has 0 saturated carbocycles. The lowest BCUT2D eigenvalue weighted by molar-refractivity contribution is -0.136. The maximum Gasteiger partial charge on any atom is 0.303 e. The molecule has 0 fully saturated rings. The van der Waals surface area contributed by atoms with Gasteiger partial charge in [-0.25, -0.2) is 4.98 Å². The number of carboxylic acids is 1. The van der Waals surface area contributed by atoms with Crippen LogP contribution in [0.2, 0.25) is 5.02 Å². The summed E-state index contributed by atoms with van der Waals surface area (Å²) < 4.78 is 5.52. The van der Waals surface area contributed by atoms with Crippen molar-refractivity contribution >= 4 is 17.6 Å². The Hall–Kier alpha value is -2.01. The summed E-state index contributed by atoms with van der Waals surface area (Å²) in [5.41, 5.74) is 0.789. The van der Waals surface area contributed by atoms with Crippen molar-refractivity contribution in [3.8, 4) is 5.75 Å². The van der Waals surface area contributed by atoms with Gasteiger partial charge in [-0.1, -0.05) is 11.6 Å². The Morgan fingerprint density at radius 3 is 2.79 bits per heavy atom. The van der Waals surface area contributed by atoms with Crippen LogP contribution in [-0.4, -0.2) is 21.0 Å². The second kappa shape index (κ2) is 6.24. The molecule has 6 heteroatoms. The number of rotatable bonds is 6. The number of benzene rings is 1. The third-order valence-electron chi connectivity index (χ3n) is 2.48. The van der Waals surface area contributed by atoms with E-state index in [-0.39, 0.29) is 6.42 Å². The van der Waals surface area contributed by atoms with Gasteiger partial charge in [-0.3, -0.25) is 4.79 Å². The van der Waals surface area contributed by atoms with E-state index >= 15 is 0 Å². The van der Waals surface area contributed by atoms with E-state index in [0.29, 0.717) is 29.6 Å². The third-order valence-corrected chi connectivity index (χ3v) is 2.73. The molecule has 0 aliphatic rings. The minimum Gasteiger partial charge on any atom is -0.486 e. The van der Waals surface area contributed by atoms with Gasteiger partial charge in [-0.15, -0.1) is 0 Å². The van der Waals surface area contributed by atoms with Crippen molar-refractivity contribution < 1.29 is 14.6 Å². The Kier molecular flexibility index (Phi) is 4.41. The number of hydrogen-bond donors (Lipinski definition) is 2. The van der Waals surface area contributed by atoms with Crippen molar-refractivity contribution in [3.63, 3.8) is 0 Å². The molecule has 19 heavy (non-hydrogen) atoms. The summed E-state index contributed by atoms with van der Waals surface area (Å²) in [6.45, 7) is 0.300.